The highest BCUT2D eigenvalue weighted by atomic mass is 32.2. The van der Waals surface area contributed by atoms with Crippen LogP contribution in [0.3, 0.4) is 0 Å². The van der Waals surface area contributed by atoms with E-state index in [1.807, 2.05) is 13.8 Å². The van der Waals surface area contributed by atoms with Gasteiger partial charge in [0.1, 0.15) is 5.69 Å². The maximum absolute atomic E-state index is 13.2. The quantitative estimate of drug-likeness (QED) is 0.428. The number of hydrogen-bond acceptors (Lipinski definition) is 7. The Morgan fingerprint density at radius 2 is 1.73 bits per heavy atom. The molecule has 0 aliphatic carbocycles. The smallest absolute Gasteiger partial charge is 0.293 e. The first-order valence-corrected chi connectivity index (χ1v) is 13.5. The second kappa shape index (κ2) is 11.1. The van der Waals surface area contributed by atoms with Crippen molar-refractivity contribution in [3.63, 3.8) is 0 Å². The van der Waals surface area contributed by atoms with Crippen LogP contribution < -0.4 is 5.32 Å². The van der Waals surface area contributed by atoms with E-state index in [2.05, 4.69) is 29.0 Å². The molecule has 0 amide bonds. The van der Waals surface area contributed by atoms with E-state index in [-0.39, 0.29) is 22.4 Å². The average Bonchev–Trinajstić information content (AvgIpc) is 2.77. The molecule has 0 aromatic heterocycles. The second-order valence-corrected chi connectivity index (χ2v) is 11.9. The number of nitrogens with zero attached hydrogens (tertiary/aromatic N) is 4. The van der Waals surface area contributed by atoms with Gasteiger partial charge in [0, 0.05) is 58.4 Å². The molecule has 1 N–H and O–H groups in total. The zero-order valence-corrected chi connectivity index (χ0v) is 21.2. The van der Waals surface area contributed by atoms with Gasteiger partial charge >= 0.3 is 0 Å². The number of likely N-dealkylation sites (N-methyl/N-ethyl adjacent to an activating group) is 1. The summed E-state index contributed by atoms with van der Waals surface area (Å²) in [6.45, 7) is 16.1. The molecule has 9 nitrogen and oxygen atoms in total. The van der Waals surface area contributed by atoms with Gasteiger partial charge in [0.05, 0.1) is 9.82 Å². The van der Waals surface area contributed by atoms with Crippen molar-refractivity contribution in [2.45, 2.75) is 39.0 Å². The third-order valence-electron chi connectivity index (χ3n) is 6.76. The van der Waals surface area contributed by atoms with E-state index in [4.69, 9.17) is 0 Å². The fourth-order valence-corrected chi connectivity index (χ4v) is 6.70. The lowest BCUT2D eigenvalue weighted by Gasteiger charge is -2.35. The minimum absolute atomic E-state index is 0.0112. The molecule has 0 spiro atoms. The van der Waals surface area contributed by atoms with Crippen LogP contribution in [0.4, 0.5) is 11.4 Å². The summed E-state index contributed by atoms with van der Waals surface area (Å²) in [5.41, 5.74) is 0.167. The van der Waals surface area contributed by atoms with Crippen LogP contribution in [-0.4, -0.2) is 86.3 Å². The second-order valence-electron chi connectivity index (χ2n) is 9.93. The highest BCUT2D eigenvalue weighted by molar-refractivity contribution is 7.89. The van der Waals surface area contributed by atoms with Gasteiger partial charge in [-0.2, -0.15) is 4.31 Å². The monoisotopic (exact) mass is 481 g/mol. The van der Waals surface area contributed by atoms with E-state index in [9.17, 15) is 18.5 Å². The Kier molecular flexibility index (Phi) is 8.71. The van der Waals surface area contributed by atoms with Crippen LogP contribution >= 0.6 is 0 Å². The van der Waals surface area contributed by atoms with E-state index < -0.39 is 14.9 Å². The normalized spacial score (nSPS) is 24.5. The molecular weight excluding hydrogens is 442 g/mol. The largest absolute Gasteiger partial charge is 0.379 e. The molecule has 3 unspecified atom stereocenters. The summed E-state index contributed by atoms with van der Waals surface area (Å²) in [5.74, 6) is 0.842. The lowest BCUT2D eigenvalue weighted by Crippen LogP contribution is -2.47. The molecule has 0 bridgehead atoms. The van der Waals surface area contributed by atoms with Crippen molar-refractivity contribution in [3.05, 3.63) is 28.3 Å². The Hall–Kier alpha value is -1.75. The number of rotatable bonds is 9. The number of hydrogen-bond donors (Lipinski definition) is 1. The summed E-state index contributed by atoms with van der Waals surface area (Å²) >= 11 is 0. The van der Waals surface area contributed by atoms with Crippen molar-refractivity contribution >= 4 is 21.4 Å². The molecule has 3 rings (SSSR count). The van der Waals surface area contributed by atoms with Gasteiger partial charge in [-0.15, -0.1) is 0 Å². The number of sulfonamides is 1. The van der Waals surface area contributed by atoms with Gasteiger partial charge in [0.15, 0.2) is 0 Å². The van der Waals surface area contributed by atoms with Gasteiger partial charge in [-0.1, -0.05) is 27.7 Å². The third-order valence-corrected chi connectivity index (χ3v) is 8.59. The Bertz CT molecular complexity index is 907. The lowest BCUT2D eigenvalue weighted by molar-refractivity contribution is -0.384. The molecule has 1 aromatic carbocycles. The fourth-order valence-electron chi connectivity index (χ4n) is 5.00. The van der Waals surface area contributed by atoms with E-state index in [1.54, 1.807) is 0 Å². The summed E-state index contributed by atoms with van der Waals surface area (Å²) < 4.78 is 27.8. The predicted molar refractivity (Wildman–Crippen MR) is 131 cm³/mol. The summed E-state index contributed by atoms with van der Waals surface area (Å²) in [6, 6.07) is 4.23. The van der Waals surface area contributed by atoms with Crippen molar-refractivity contribution in [1.82, 2.24) is 14.1 Å². The predicted octanol–water partition coefficient (Wildman–Crippen LogP) is 2.95. The van der Waals surface area contributed by atoms with Crippen LogP contribution in [0.5, 0.6) is 0 Å². The molecule has 2 aliphatic heterocycles. The van der Waals surface area contributed by atoms with E-state index in [0.29, 0.717) is 31.2 Å². The molecular formula is C23H39N5O4S. The summed E-state index contributed by atoms with van der Waals surface area (Å²) in [7, 11) is -3.77. The summed E-state index contributed by atoms with van der Waals surface area (Å²) in [6.07, 6.45) is 0.988. The van der Waals surface area contributed by atoms with Crippen molar-refractivity contribution < 1.29 is 13.3 Å². The number of piperazine rings is 1. The molecule has 0 saturated carbocycles. The first-order chi connectivity index (χ1) is 15.6. The van der Waals surface area contributed by atoms with Crippen LogP contribution in [0.1, 0.15) is 34.1 Å². The van der Waals surface area contributed by atoms with Crippen molar-refractivity contribution in [2.24, 2.45) is 17.8 Å². The molecule has 10 heteroatoms. The molecule has 33 heavy (non-hydrogen) atoms. The fraction of sp³-hybridized carbons (Fsp3) is 0.739. The van der Waals surface area contributed by atoms with Gasteiger partial charge in [0.2, 0.25) is 10.0 Å². The van der Waals surface area contributed by atoms with E-state index >= 15 is 0 Å². The van der Waals surface area contributed by atoms with Gasteiger partial charge in [-0.25, -0.2) is 8.42 Å². The Balaban J connectivity index is 1.66. The molecule has 0 radical (unpaired) electrons. The Morgan fingerprint density at radius 3 is 2.30 bits per heavy atom. The topological polar surface area (TPSA) is 99.0 Å². The molecule has 2 fully saturated rings. The van der Waals surface area contributed by atoms with Crippen LogP contribution in [-0.2, 0) is 10.0 Å². The van der Waals surface area contributed by atoms with Crippen LogP contribution in [0.25, 0.3) is 0 Å². The standard InChI is InChI=1S/C23H39N5O4S/c1-5-25-8-10-26(11-9-25)15-20(4)14-24-22-7-6-21(13-23(22)28(29)30)33(31,32)27-16-18(2)12-19(3)17-27/h6-7,13,18-20,24H,5,8-12,14-17H2,1-4H3. The van der Waals surface area contributed by atoms with Gasteiger partial charge in [-0.3, -0.25) is 10.1 Å². The molecule has 2 aliphatic rings. The number of benzene rings is 1. The summed E-state index contributed by atoms with van der Waals surface area (Å²) in [4.78, 5) is 16.1. The van der Waals surface area contributed by atoms with Crippen molar-refractivity contribution in [2.75, 3.05) is 64.2 Å². The van der Waals surface area contributed by atoms with E-state index in [0.717, 1.165) is 45.7 Å². The number of nitro groups is 1. The highest BCUT2D eigenvalue weighted by Gasteiger charge is 2.33. The van der Waals surface area contributed by atoms with Crippen LogP contribution in [0.15, 0.2) is 23.1 Å². The highest BCUT2D eigenvalue weighted by Crippen LogP contribution is 2.31. The van der Waals surface area contributed by atoms with E-state index in [1.165, 1.54) is 22.5 Å². The van der Waals surface area contributed by atoms with Crippen molar-refractivity contribution in [1.29, 1.82) is 0 Å². The molecule has 3 atom stereocenters. The third kappa shape index (κ3) is 6.65. The first kappa shape index (κ1) is 25.9. The lowest BCUT2D eigenvalue weighted by atomic mass is 9.94. The molecule has 1 aromatic rings. The SMILES string of the molecule is CCN1CCN(CC(C)CNc2ccc(S(=O)(=O)N3CC(C)CC(C)C3)cc2[N+](=O)[O-])CC1. The summed E-state index contributed by atoms with van der Waals surface area (Å²) in [5, 5.41) is 14.9. The van der Waals surface area contributed by atoms with Crippen LogP contribution in [0.2, 0.25) is 0 Å². The Labute approximate surface area is 198 Å². The van der Waals surface area contributed by atoms with Crippen molar-refractivity contribution in [3.8, 4) is 0 Å². The zero-order valence-electron chi connectivity index (χ0n) is 20.4. The molecule has 2 saturated heterocycles. The minimum atomic E-state index is -3.77. The van der Waals surface area contributed by atoms with Gasteiger partial charge in [0.25, 0.3) is 5.69 Å². The average molecular weight is 482 g/mol. The first-order valence-electron chi connectivity index (χ1n) is 12.1. The van der Waals surface area contributed by atoms with Crippen LogP contribution in [0, 0.1) is 27.9 Å². The van der Waals surface area contributed by atoms with Gasteiger partial charge < -0.3 is 15.1 Å². The maximum Gasteiger partial charge on any atom is 0.293 e. The minimum Gasteiger partial charge on any atom is -0.379 e. The maximum atomic E-state index is 13.2. The van der Waals surface area contributed by atoms with Gasteiger partial charge in [-0.05, 0) is 42.9 Å². The number of nitrogens with one attached hydrogen (secondary N) is 1. The Morgan fingerprint density at radius 1 is 1.12 bits per heavy atom. The molecule has 2 heterocycles. The number of piperidine rings is 1. The molecule has 186 valence electrons. The number of nitro benzene ring substituents is 1. The number of anilines is 1. The zero-order chi connectivity index (χ0) is 24.2.